The van der Waals surface area contributed by atoms with Crippen LogP contribution in [0.5, 0.6) is 0 Å². The van der Waals surface area contributed by atoms with Crippen LogP contribution in [-0.4, -0.2) is 39.8 Å². The van der Waals surface area contributed by atoms with E-state index in [0.717, 1.165) is 31.4 Å². The van der Waals surface area contributed by atoms with Crippen molar-refractivity contribution in [2.75, 3.05) is 16.4 Å². The number of hydrogen-bond donors (Lipinski definition) is 4. The van der Waals surface area contributed by atoms with Crippen molar-refractivity contribution >= 4 is 57.5 Å². The normalized spacial score (nSPS) is 14.0. The van der Waals surface area contributed by atoms with Crippen molar-refractivity contribution in [3.05, 3.63) is 24.3 Å². The van der Waals surface area contributed by atoms with E-state index in [0.29, 0.717) is 15.2 Å². The number of imide groups is 1. The van der Waals surface area contributed by atoms with Gasteiger partial charge in [-0.25, -0.2) is 4.79 Å². The van der Waals surface area contributed by atoms with Crippen LogP contribution < -0.4 is 21.3 Å². The molecule has 1 aromatic carbocycles. The van der Waals surface area contributed by atoms with Gasteiger partial charge in [0.15, 0.2) is 4.34 Å². The van der Waals surface area contributed by atoms with E-state index in [1.165, 1.54) is 36.4 Å². The highest BCUT2D eigenvalue weighted by atomic mass is 32.2. The molecule has 9 nitrogen and oxygen atoms in total. The van der Waals surface area contributed by atoms with E-state index in [1.54, 1.807) is 12.1 Å². The van der Waals surface area contributed by atoms with Crippen LogP contribution in [0.1, 0.15) is 39.0 Å². The van der Waals surface area contributed by atoms with E-state index in [2.05, 4.69) is 31.5 Å². The molecular formula is C19H24N6O3S2. The number of hydrogen-bond acceptors (Lipinski definition) is 8. The molecule has 1 aliphatic rings. The summed E-state index contributed by atoms with van der Waals surface area (Å²) in [4.78, 5) is 35.1. The summed E-state index contributed by atoms with van der Waals surface area (Å²) in [5.41, 5.74) is 1.43. The fourth-order valence-corrected chi connectivity index (χ4v) is 4.65. The molecule has 2 aromatic rings. The third-order valence-corrected chi connectivity index (χ3v) is 6.33. The van der Waals surface area contributed by atoms with Gasteiger partial charge in [-0.3, -0.25) is 14.9 Å². The van der Waals surface area contributed by atoms with Gasteiger partial charge in [-0.2, -0.15) is 0 Å². The van der Waals surface area contributed by atoms with E-state index < -0.39 is 6.03 Å². The second-order valence-corrected chi connectivity index (χ2v) is 9.11. The zero-order valence-corrected chi connectivity index (χ0v) is 18.2. The molecule has 160 valence electrons. The van der Waals surface area contributed by atoms with Crippen molar-refractivity contribution in [1.82, 2.24) is 20.8 Å². The smallest absolute Gasteiger partial charge is 0.321 e. The zero-order valence-electron chi connectivity index (χ0n) is 16.6. The largest absolute Gasteiger partial charge is 0.335 e. The molecule has 4 amide bonds. The lowest BCUT2D eigenvalue weighted by Gasteiger charge is -2.22. The second kappa shape index (κ2) is 10.9. The number of benzene rings is 1. The van der Waals surface area contributed by atoms with Gasteiger partial charge in [0.05, 0.1) is 5.75 Å². The minimum atomic E-state index is -0.439. The predicted octanol–water partition coefficient (Wildman–Crippen LogP) is 3.49. The first kappa shape index (κ1) is 22.0. The standard InChI is InChI=1S/C19H24N6O3S2/c1-12(26)20-14-8-5-9-15(10-14)22-18-24-25-19(30-18)29-11-16(27)23-17(28)21-13-6-3-2-4-7-13/h5,8-10,13H,2-4,6-7,11H2,1H3,(H,20,26)(H,22,24)(H2,21,23,27,28). The number of amides is 4. The highest BCUT2D eigenvalue weighted by molar-refractivity contribution is 8.01. The number of anilines is 3. The maximum absolute atomic E-state index is 12.0. The van der Waals surface area contributed by atoms with Crippen LogP contribution >= 0.6 is 23.1 Å². The van der Waals surface area contributed by atoms with Crippen molar-refractivity contribution in [3.63, 3.8) is 0 Å². The Morgan fingerprint density at radius 2 is 1.90 bits per heavy atom. The average molecular weight is 449 g/mol. The molecule has 1 saturated carbocycles. The molecule has 0 bridgehead atoms. The zero-order chi connectivity index (χ0) is 21.3. The van der Waals surface area contributed by atoms with Crippen molar-refractivity contribution < 1.29 is 14.4 Å². The summed E-state index contributed by atoms with van der Waals surface area (Å²) in [5, 5.41) is 19.7. The quantitative estimate of drug-likeness (QED) is 0.478. The molecular weight excluding hydrogens is 424 g/mol. The van der Waals surface area contributed by atoms with E-state index in [1.807, 2.05) is 12.1 Å². The van der Waals surface area contributed by atoms with Crippen LogP contribution in [0.15, 0.2) is 28.6 Å². The summed E-state index contributed by atoms with van der Waals surface area (Å²) in [6.07, 6.45) is 5.35. The Morgan fingerprint density at radius 3 is 2.67 bits per heavy atom. The molecule has 1 heterocycles. The highest BCUT2D eigenvalue weighted by Crippen LogP contribution is 2.28. The van der Waals surface area contributed by atoms with Gasteiger partial charge in [0.2, 0.25) is 16.9 Å². The van der Waals surface area contributed by atoms with Crippen LogP contribution in [0, 0.1) is 0 Å². The third kappa shape index (κ3) is 7.30. The Kier molecular flexibility index (Phi) is 8.03. The lowest BCUT2D eigenvalue weighted by molar-refractivity contribution is -0.117. The fraction of sp³-hybridized carbons (Fsp3) is 0.421. The number of nitrogens with one attached hydrogen (secondary N) is 4. The molecule has 0 aliphatic heterocycles. The molecule has 0 radical (unpaired) electrons. The van der Waals surface area contributed by atoms with Crippen LogP contribution in [0.25, 0.3) is 0 Å². The summed E-state index contributed by atoms with van der Waals surface area (Å²) in [6.45, 7) is 1.45. The molecule has 0 saturated heterocycles. The van der Waals surface area contributed by atoms with Crippen molar-refractivity contribution in [3.8, 4) is 0 Å². The Labute approximate surface area is 182 Å². The molecule has 1 aliphatic carbocycles. The number of aromatic nitrogens is 2. The summed E-state index contributed by atoms with van der Waals surface area (Å²) in [5.74, 6) is -0.446. The third-order valence-electron chi connectivity index (χ3n) is 4.36. The minimum absolute atomic E-state index is 0.0741. The van der Waals surface area contributed by atoms with Gasteiger partial charge < -0.3 is 16.0 Å². The summed E-state index contributed by atoms with van der Waals surface area (Å²) >= 11 is 2.51. The van der Waals surface area contributed by atoms with Crippen molar-refractivity contribution in [2.45, 2.75) is 49.4 Å². The molecule has 30 heavy (non-hydrogen) atoms. The first-order chi connectivity index (χ1) is 14.5. The van der Waals surface area contributed by atoms with E-state index in [-0.39, 0.29) is 23.6 Å². The number of carbonyl (C=O) groups is 3. The summed E-state index contributed by atoms with van der Waals surface area (Å²) in [7, 11) is 0. The maximum Gasteiger partial charge on any atom is 0.321 e. The summed E-state index contributed by atoms with van der Waals surface area (Å²) in [6, 6.07) is 6.95. The number of rotatable bonds is 7. The highest BCUT2D eigenvalue weighted by Gasteiger charge is 2.17. The van der Waals surface area contributed by atoms with E-state index in [9.17, 15) is 14.4 Å². The van der Waals surface area contributed by atoms with Gasteiger partial charge in [-0.05, 0) is 31.0 Å². The minimum Gasteiger partial charge on any atom is -0.335 e. The predicted molar refractivity (Wildman–Crippen MR) is 118 cm³/mol. The van der Waals surface area contributed by atoms with Crippen LogP contribution in [0.2, 0.25) is 0 Å². The SMILES string of the molecule is CC(=O)Nc1cccc(Nc2nnc(SCC(=O)NC(=O)NC3CCCCC3)s2)c1. The van der Waals surface area contributed by atoms with Gasteiger partial charge in [-0.1, -0.05) is 48.4 Å². The average Bonchev–Trinajstić information content (AvgIpc) is 3.14. The van der Waals surface area contributed by atoms with Crippen molar-refractivity contribution in [1.29, 1.82) is 0 Å². The van der Waals surface area contributed by atoms with Crippen LogP contribution in [-0.2, 0) is 9.59 Å². The first-order valence-corrected chi connectivity index (χ1v) is 11.5. The Morgan fingerprint density at radius 1 is 1.13 bits per heavy atom. The monoisotopic (exact) mass is 448 g/mol. The van der Waals surface area contributed by atoms with Crippen molar-refractivity contribution in [2.24, 2.45) is 0 Å². The van der Waals surface area contributed by atoms with Crippen LogP contribution in [0.4, 0.5) is 21.3 Å². The molecule has 1 fully saturated rings. The Bertz CT molecular complexity index is 898. The van der Waals surface area contributed by atoms with E-state index in [4.69, 9.17) is 0 Å². The number of nitrogens with zero attached hydrogens (tertiary/aromatic N) is 2. The van der Waals surface area contributed by atoms with Crippen LogP contribution in [0.3, 0.4) is 0 Å². The molecule has 1 aromatic heterocycles. The molecule has 3 rings (SSSR count). The molecule has 0 spiro atoms. The Hall–Kier alpha value is -2.66. The molecule has 4 N–H and O–H groups in total. The number of urea groups is 1. The van der Waals surface area contributed by atoms with Gasteiger partial charge in [-0.15, -0.1) is 10.2 Å². The maximum atomic E-state index is 12.0. The first-order valence-electron chi connectivity index (χ1n) is 9.69. The second-order valence-electron chi connectivity index (χ2n) is 6.91. The van der Waals surface area contributed by atoms with Gasteiger partial charge in [0.25, 0.3) is 0 Å². The van der Waals surface area contributed by atoms with E-state index >= 15 is 0 Å². The summed E-state index contributed by atoms with van der Waals surface area (Å²) < 4.78 is 0.610. The molecule has 0 unspecified atom stereocenters. The van der Waals surface area contributed by atoms with Gasteiger partial charge >= 0.3 is 6.03 Å². The topological polar surface area (TPSA) is 125 Å². The lowest BCUT2D eigenvalue weighted by atomic mass is 9.96. The lowest BCUT2D eigenvalue weighted by Crippen LogP contribution is -2.45. The fourth-order valence-electron chi connectivity index (χ4n) is 3.08. The Balaban J connectivity index is 1.43. The number of carbonyl (C=O) groups excluding carboxylic acids is 3. The van der Waals surface area contributed by atoms with Gasteiger partial charge in [0, 0.05) is 24.3 Å². The number of thioether (sulfide) groups is 1. The molecule has 0 atom stereocenters. The molecule has 11 heteroatoms. The van der Waals surface area contributed by atoms with Gasteiger partial charge in [0.1, 0.15) is 0 Å².